The smallest absolute Gasteiger partial charge is 0.274 e. The molecule has 6 nitrogen and oxygen atoms in total. The van der Waals surface area contributed by atoms with E-state index in [0.29, 0.717) is 22.6 Å². The summed E-state index contributed by atoms with van der Waals surface area (Å²) < 4.78 is 5.28. The molecule has 6 heteroatoms. The topological polar surface area (TPSA) is 77.0 Å². The van der Waals surface area contributed by atoms with E-state index in [-0.39, 0.29) is 5.91 Å². The summed E-state index contributed by atoms with van der Waals surface area (Å²) >= 11 is 0. The van der Waals surface area contributed by atoms with E-state index in [1.165, 1.54) is 12.5 Å². The number of hydrogen-bond acceptors (Lipinski definition) is 5. The number of nitrogens with zero attached hydrogens (tertiary/aromatic N) is 3. The third-order valence-corrected chi connectivity index (χ3v) is 3.02. The molecule has 1 N–H and O–H groups in total. The number of rotatable bonds is 3. The van der Waals surface area contributed by atoms with Crippen LogP contribution in [-0.4, -0.2) is 28.0 Å². The van der Waals surface area contributed by atoms with Gasteiger partial charge in [0.15, 0.2) is 0 Å². The molecule has 0 saturated heterocycles. The van der Waals surface area contributed by atoms with Crippen LogP contribution in [0.4, 0.5) is 5.69 Å². The number of amides is 1. The standard InChI is InChI=1S/C15H12N4O2/c1-21-13-5-4-11(10-3-2-7-17-14(10)13)19-15(20)12-6-8-16-9-18-12/h2-9H,1H3,(H,19,20). The Labute approximate surface area is 120 Å². The zero-order valence-electron chi connectivity index (χ0n) is 11.3. The number of carbonyl (C=O) groups is 1. The van der Waals surface area contributed by atoms with Crippen LogP contribution in [0.5, 0.6) is 5.75 Å². The molecule has 3 rings (SSSR count). The minimum atomic E-state index is -0.298. The monoisotopic (exact) mass is 280 g/mol. The average molecular weight is 280 g/mol. The van der Waals surface area contributed by atoms with Crippen molar-refractivity contribution in [1.82, 2.24) is 15.0 Å². The Morgan fingerprint density at radius 2 is 2.05 bits per heavy atom. The molecule has 1 aromatic carbocycles. The summed E-state index contributed by atoms with van der Waals surface area (Å²) in [7, 11) is 1.59. The summed E-state index contributed by atoms with van der Waals surface area (Å²) in [5.41, 5.74) is 1.65. The molecule has 0 atom stereocenters. The number of anilines is 1. The summed E-state index contributed by atoms with van der Waals surface area (Å²) in [5, 5.41) is 3.63. The van der Waals surface area contributed by atoms with E-state index in [4.69, 9.17) is 4.74 Å². The second-order valence-electron chi connectivity index (χ2n) is 4.26. The fourth-order valence-corrected chi connectivity index (χ4v) is 2.03. The first-order chi connectivity index (χ1) is 10.3. The SMILES string of the molecule is COc1ccc(NC(=O)c2ccncn2)c2cccnc12. The highest BCUT2D eigenvalue weighted by Crippen LogP contribution is 2.29. The van der Waals surface area contributed by atoms with Crippen molar-refractivity contribution in [3.8, 4) is 5.75 Å². The lowest BCUT2D eigenvalue weighted by Gasteiger charge is -2.10. The van der Waals surface area contributed by atoms with Crippen LogP contribution >= 0.6 is 0 Å². The van der Waals surface area contributed by atoms with Crippen LogP contribution in [0, 0.1) is 0 Å². The molecule has 0 aliphatic heterocycles. The van der Waals surface area contributed by atoms with Crippen LogP contribution in [0.1, 0.15) is 10.5 Å². The van der Waals surface area contributed by atoms with E-state index in [0.717, 1.165) is 5.39 Å². The lowest BCUT2D eigenvalue weighted by molar-refractivity contribution is 0.102. The zero-order valence-corrected chi connectivity index (χ0v) is 11.3. The van der Waals surface area contributed by atoms with Gasteiger partial charge in [-0.05, 0) is 30.3 Å². The molecule has 2 aromatic heterocycles. The Hall–Kier alpha value is -3.02. The van der Waals surface area contributed by atoms with Crippen molar-refractivity contribution in [2.75, 3.05) is 12.4 Å². The van der Waals surface area contributed by atoms with E-state index < -0.39 is 0 Å². The third kappa shape index (κ3) is 2.51. The molecule has 2 heterocycles. The van der Waals surface area contributed by atoms with Crippen molar-refractivity contribution in [3.05, 3.63) is 54.7 Å². The number of benzene rings is 1. The van der Waals surface area contributed by atoms with Gasteiger partial charge in [-0.1, -0.05) is 0 Å². The Morgan fingerprint density at radius 3 is 2.81 bits per heavy atom. The molecular formula is C15H12N4O2. The minimum Gasteiger partial charge on any atom is -0.494 e. The Balaban J connectivity index is 2.00. The van der Waals surface area contributed by atoms with Gasteiger partial charge in [-0.25, -0.2) is 9.97 Å². The molecule has 0 saturated carbocycles. The third-order valence-electron chi connectivity index (χ3n) is 3.02. The number of pyridine rings is 1. The van der Waals surface area contributed by atoms with Crippen molar-refractivity contribution < 1.29 is 9.53 Å². The predicted octanol–water partition coefficient (Wildman–Crippen LogP) is 2.29. The van der Waals surface area contributed by atoms with Gasteiger partial charge in [-0.2, -0.15) is 0 Å². The molecule has 104 valence electrons. The first-order valence-electron chi connectivity index (χ1n) is 6.28. The lowest BCUT2D eigenvalue weighted by atomic mass is 10.1. The van der Waals surface area contributed by atoms with Crippen LogP contribution in [0.25, 0.3) is 10.9 Å². The second-order valence-corrected chi connectivity index (χ2v) is 4.26. The first kappa shape index (κ1) is 13.0. The largest absolute Gasteiger partial charge is 0.494 e. The maximum absolute atomic E-state index is 12.2. The zero-order chi connectivity index (χ0) is 14.7. The van der Waals surface area contributed by atoms with Crippen molar-refractivity contribution in [3.63, 3.8) is 0 Å². The van der Waals surface area contributed by atoms with Crippen LogP contribution in [0.2, 0.25) is 0 Å². The molecule has 3 aromatic rings. The molecule has 1 amide bonds. The van der Waals surface area contributed by atoms with Gasteiger partial charge < -0.3 is 10.1 Å². The van der Waals surface area contributed by atoms with Crippen LogP contribution in [0.3, 0.4) is 0 Å². The second kappa shape index (κ2) is 5.54. The van der Waals surface area contributed by atoms with Gasteiger partial charge in [0.2, 0.25) is 0 Å². The van der Waals surface area contributed by atoms with Crippen LogP contribution in [0.15, 0.2) is 49.1 Å². The number of nitrogens with one attached hydrogen (secondary N) is 1. The number of aromatic nitrogens is 3. The molecular weight excluding hydrogens is 268 g/mol. The van der Waals surface area contributed by atoms with E-state index in [2.05, 4.69) is 20.3 Å². The highest BCUT2D eigenvalue weighted by Gasteiger charge is 2.11. The number of fused-ring (bicyclic) bond motifs is 1. The van der Waals surface area contributed by atoms with E-state index in [1.54, 1.807) is 31.5 Å². The highest BCUT2D eigenvalue weighted by atomic mass is 16.5. The van der Waals surface area contributed by atoms with Gasteiger partial charge in [0.1, 0.15) is 23.3 Å². The van der Waals surface area contributed by atoms with Gasteiger partial charge in [0.05, 0.1) is 12.8 Å². The molecule has 0 radical (unpaired) electrons. The molecule has 0 aliphatic rings. The van der Waals surface area contributed by atoms with Crippen molar-refractivity contribution in [1.29, 1.82) is 0 Å². The van der Waals surface area contributed by atoms with Crippen molar-refractivity contribution in [2.24, 2.45) is 0 Å². The maximum Gasteiger partial charge on any atom is 0.274 e. The quantitative estimate of drug-likeness (QED) is 0.796. The molecule has 0 fully saturated rings. The number of methoxy groups -OCH3 is 1. The minimum absolute atomic E-state index is 0.298. The molecule has 0 unspecified atom stereocenters. The summed E-state index contributed by atoms with van der Waals surface area (Å²) in [5.74, 6) is 0.360. The van der Waals surface area contributed by atoms with Gasteiger partial charge in [0, 0.05) is 17.8 Å². The fraction of sp³-hybridized carbons (Fsp3) is 0.0667. The van der Waals surface area contributed by atoms with E-state index in [9.17, 15) is 4.79 Å². The van der Waals surface area contributed by atoms with E-state index in [1.807, 2.05) is 12.1 Å². The van der Waals surface area contributed by atoms with Gasteiger partial charge in [0.25, 0.3) is 5.91 Å². The van der Waals surface area contributed by atoms with Gasteiger partial charge in [-0.3, -0.25) is 9.78 Å². The maximum atomic E-state index is 12.2. The van der Waals surface area contributed by atoms with Crippen molar-refractivity contribution >= 4 is 22.5 Å². The van der Waals surface area contributed by atoms with Crippen LogP contribution in [-0.2, 0) is 0 Å². The predicted molar refractivity (Wildman–Crippen MR) is 78.3 cm³/mol. The lowest BCUT2D eigenvalue weighted by Crippen LogP contribution is -2.14. The molecule has 21 heavy (non-hydrogen) atoms. The Morgan fingerprint density at radius 1 is 1.14 bits per heavy atom. The fourth-order valence-electron chi connectivity index (χ4n) is 2.03. The van der Waals surface area contributed by atoms with Gasteiger partial charge >= 0.3 is 0 Å². The highest BCUT2D eigenvalue weighted by molar-refractivity contribution is 6.08. The molecule has 0 aliphatic carbocycles. The summed E-state index contributed by atoms with van der Waals surface area (Å²) in [4.78, 5) is 24.2. The number of hydrogen-bond donors (Lipinski definition) is 1. The summed E-state index contributed by atoms with van der Waals surface area (Å²) in [6, 6.07) is 8.79. The first-order valence-corrected chi connectivity index (χ1v) is 6.28. The Kier molecular flexibility index (Phi) is 3.42. The summed E-state index contributed by atoms with van der Waals surface area (Å²) in [6.45, 7) is 0. The van der Waals surface area contributed by atoms with Crippen LogP contribution < -0.4 is 10.1 Å². The molecule has 0 spiro atoms. The Bertz CT molecular complexity index is 790. The van der Waals surface area contributed by atoms with E-state index >= 15 is 0 Å². The van der Waals surface area contributed by atoms with Gasteiger partial charge in [-0.15, -0.1) is 0 Å². The number of carbonyl (C=O) groups excluding carboxylic acids is 1. The summed E-state index contributed by atoms with van der Waals surface area (Å²) in [6.07, 6.45) is 4.54. The van der Waals surface area contributed by atoms with Crippen molar-refractivity contribution in [2.45, 2.75) is 0 Å². The molecule has 0 bridgehead atoms. The number of ether oxygens (including phenoxy) is 1. The average Bonchev–Trinajstić information content (AvgIpc) is 2.56. The normalized spacial score (nSPS) is 10.3.